The third-order valence-electron chi connectivity index (χ3n) is 4.56. The molecule has 0 aromatic heterocycles. The van der Waals surface area contributed by atoms with Gasteiger partial charge in [0.05, 0.1) is 11.0 Å². The van der Waals surface area contributed by atoms with Gasteiger partial charge in [0, 0.05) is 31.8 Å². The zero-order valence-electron chi connectivity index (χ0n) is 13.7. The number of nitrogens with zero attached hydrogens (tertiary/aromatic N) is 1. The molecule has 1 aromatic carbocycles. The monoisotopic (exact) mass is 352 g/mol. The highest BCUT2D eigenvalue weighted by molar-refractivity contribution is 7.89. The van der Waals surface area contributed by atoms with Crippen LogP contribution in [0.1, 0.15) is 42.5 Å². The number of carbonyl (C=O) groups is 1. The first kappa shape index (κ1) is 17.4. The van der Waals surface area contributed by atoms with E-state index in [9.17, 15) is 13.2 Å². The first-order valence-corrected chi connectivity index (χ1v) is 10.0. The van der Waals surface area contributed by atoms with Crippen molar-refractivity contribution < 1.29 is 17.9 Å². The number of hydrogen-bond acceptors (Lipinski definition) is 4. The van der Waals surface area contributed by atoms with Crippen LogP contribution in [0, 0.1) is 0 Å². The standard InChI is InChI=1S/C17H24N2O4S/c20-17(18-13-15-7-5-11-23-15)14-6-4-8-16(12-14)24(21,22)19-9-2-1-3-10-19/h4,6,8,12,15H,1-3,5,7,9-11,13H2,(H,18,20)/t15-/m0/s1. The Hall–Kier alpha value is -1.44. The molecule has 0 saturated carbocycles. The second kappa shape index (κ2) is 7.63. The Morgan fingerprint density at radius 2 is 2.00 bits per heavy atom. The quantitative estimate of drug-likeness (QED) is 0.876. The number of piperidine rings is 1. The molecule has 6 nitrogen and oxygen atoms in total. The normalized spacial score (nSPS) is 22.4. The van der Waals surface area contributed by atoms with E-state index >= 15 is 0 Å². The number of rotatable bonds is 5. The molecule has 2 aliphatic heterocycles. The van der Waals surface area contributed by atoms with Crippen LogP contribution in [0.5, 0.6) is 0 Å². The lowest BCUT2D eigenvalue weighted by Crippen LogP contribution is -2.36. The average molecular weight is 352 g/mol. The maximum absolute atomic E-state index is 12.7. The van der Waals surface area contributed by atoms with Gasteiger partial charge in [0.25, 0.3) is 5.91 Å². The Morgan fingerprint density at radius 1 is 1.21 bits per heavy atom. The smallest absolute Gasteiger partial charge is 0.251 e. The Bertz CT molecular complexity index is 678. The molecule has 132 valence electrons. The zero-order valence-corrected chi connectivity index (χ0v) is 14.6. The molecule has 1 aromatic rings. The van der Waals surface area contributed by atoms with Crippen molar-refractivity contribution in [3.05, 3.63) is 29.8 Å². The number of amides is 1. The number of benzene rings is 1. The summed E-state index contributed by atoms with van der Waals surface area (Å²) in [5.74, 6) is -0.263. The van der Waals surface area contributed by atoms with Crippen molar-refractivity contribution in [2.24, 2.45) is 0 Å². The van der Waals surface area contributed by atoms with E-state index in [0.29, 0.717) is 25.2 Å². The summed E-state index contributed by atoms with van der Waals surface area (Å²) in [7, 11) is -3.52. The van der Waals surface area contributed by atoms with Crippen LogP contribution >= 0.6 is 0 Å². The zero-order chi connectivity index (χ0) is 17.0. The minimum Gasteiger partial charge on any atom is -0.376 e. The number of sulfonamides is 1. The summed E-state index contributed by atoms with van der Waals surface area (Å²) in [5.41, 5.74) is 0.367. The molecule has 1 N–H and O–H groups in total. The minimum absolute atomic E-state index is 0.0641. The van der Waals surface area contributed by atoms with E-state index in [0.717, 1.165) is 38.7 Å². The second-order valence-corrected chi connectivity index (χ2v) is 8.28. The fourth-order valence-electron chi connectivity index (χ4n) is 3.17. The molecule has 2 saturated heterocycles. The molecule has 0 bridgehead atoms. The molecular weight excluding hydrogens is 328 g/mol. The average Bonchev–Trinajstić information content (AvgIpc) is 3.14. The molecule has 7 heteroatoms. The third kappa shape index (κ3) is 3.96. The lowest BCUT2D eigenvalue weighted by molar-refractivity contribution is 0.0857. The molecule has 1 atom stereocenters. The third-order valence-corrected chi connectivity index (χ3v) is 6.46. The van der Waals surface area contributed by atoms with Gasteiger partial charge in [-0.2, -0.15) is 4.31 Å². The fourth-order valence-corrected chi connectivity index (χ4v) is 4.73. The molecule has 2 aliphatic rings. The van der Waals surface area contributed by atoms with Crippen molar-refractivity contribution >= 4 is 15.9 Å². The summed E-state index contributed by atoms with van der Waals surface area (Å²) < 4.78 is 32.4. The highest BCUT2D eigenvalue weighted by atomic mass is 32.2. The van der Waals surface area contributed by atoms with Crippen LogP contribution in [0.3, 0.4) is 0 Å². The van der Waals surface area contributed by atoms with Crippen molar-refractivity contribution in [1.82, 2.24) is 9.62 Å². The van der Waals surface area contributed by atoms with Gasteiger partial charge in [-0.15, -0.1) is 0 Å². The Labute approximate surface area is 143 Å². The van der Waals surface area contributed by atoms with Crippen molar-refractivity contribution in [1.29, 1.82) is 0 Å². The molecule has 2 heterocycles. The van der Waals surface area contributed by atoms with Crippen molar-refractivity contribution in [2.45, 2.75) is 43.1 Å². The second-order valence-electron chi connectivity index (χ2n) is 6.34. The maximum Gasteiger partial charge on any atom is 0.251 e. The van der Waals surface area contributed by atoms with Crippen LogP contribution in [0.4, 0.5) is 0 Å². The molecular formula is C17H24N2O4S. The predicted octanol–water partition coefficient (Wildman–Crippen LogP) is 1.77. The van der Waals surface area contributed by atoms with Gasteiger partial charge in [0.2, 0.25) is 10.0 Å². The van der Waals surface area contributed by atoms with Gasteiger partial charge in [0.15, 0.2) is 0 Å². The summed E-state index contributed by atoms with van der Waals surface area (Å²) in [6.45, 7) is 2.31. The molecule has 24 heavy (non-hydrogen) atoms. The van der Waals surface area contributed by atoms with E-state index in [1.165, 1.54) is 10.4 Å². The van der Waals surface area contributed by atoms with Gasteiger partial charge in [-0.1, -0.05) is 12.5 Å². The van der Waals surface area contributed by atoms with Crippen molar-refractivity contribution in [2.75, 3.05) is 26.2 Å². The van der Waals surface area contributed by atoms with E-state index in [1.54, 1.807) is 18.2 Å². The van der Waals surface area contributed by atoms with E-state index in [2.05, 4.69) is 5.32 Å². The molecule has 0 aliphatic carbocycles. The van der Waals surface area contributed by atoms with Gasteiger partial charge in [-0.25, -0.2) is 8.42 Å². The van der Waals surface area contributed by atoms with Crippen LogP contribution in [-0.4, -0.2) is 51.0 Å². The maximum atomic E-state index is 12.7. The van der Waals surface area contributed by atoms with E-state index in [1.807, 2.05) is 0 Å². The first-order chi connectivity index (χ1) is 11.6. The van der Waals surface area contributed by atoms with Gasteiger partial charge >= 0.3 is 0 Å². The predicted molar refractivity (Wildman–Crippen MR) is 90.4 cm³/mol. The summed E-state index contributed by atoms with van der Waals surface area (Å²) in [4.78, 5) is 12.5. The van der Waals surface area contributed by atoms with Crippen molar-refractivity contribution in [3.63, 3.8) is 0 Å². The number of carbonyl (C=O) groups excluding carboxylic acids is 1. The fraction of sp³-hybridized carbons (Fsp3) is 0.588. The van der Waals surface area contributed by atoms with Crippen LogP contribution in [0.15, 0.2) is 29.2 Å². The number of nitrogens with one attached hydrogen (secondary N) is 1. The van der Waals surface area contributed by atoms with Crippen LogP contribution in [0.2, 0.25) is 0 Å². The Kier molecular flexibility index (Phi) is 5.53. The largest absolute Gasteiger partial charge is 0.376 e. The Morgan fingerprint density at radius 3 is 2.71 bits per heavy atom. The van der Waals surface area contributed by atoms with Crippen LogP contribution in [-0.2, 0) is 14.8 Å². The summed E-state index contributed by atoms with van der Waals surface area (Å²) in [6, 6.07) is 6.29. The highest BCUT2D eigenvalue weighted by Crippen LogP contribution is 2.21. The van der Waals surface area contributed by atoms with E-state index in [-0.39, 0.29) is 16.9 Å². The van der Waals surface area contributed by atoms with Gasteiger partial charge in [-0.05, 0) is 43.9 Å². The lowest BCUT2D eigenvalue weighted by Gasteiger charge is -2.26. The Balaban J connectivity index is 1.69. The molecule has 0 unspecified atom stereocenters. The lowest BCUT2D eigenvalue weighted by atomic mass is 10.2. The number of hydrogen-bond donors (Lipinski definition) is 1. The van der Waals surface area contributed by atoms with Crippen LogP contribution in [0.25, 0.3) is 0 Å². The topological polar surface area (TPSA) is 75.7 Å². The first-order valence-electron chi connectivity index (χ1n) is 8.57. The van der Waals surface area contributed by atoms with Crippen LogP contribution < -0.4 is 5.32 Å². The summed E-state index contributed by atoms with van der Waals surface area (Å²) >= 11 is 0. The van der Waals surface area contributed by atoms with Gasteiger partial charge < -0.3 is 10.1 Å². The molecule has 1 amide bonds. The van der Waals surface area contributed by atoms with Gasteiger partial charge in [0.1, 0.15) is 0 Å². The molecule has 2 fully saturated rings. The SMILES string of the molecule is O=C(NC[C@@H]1CCCO1)c1cccc(S(=O)(=O)N2CCCCC2)c1. The summed E-state index contributed by atoms with van der Waals surface area (Å²) in [5, 5.41) is 2.83. The molecule has 0 spiro atoms. The summed E-state index contributed by atoms with van der Waals surface area (Å²) in [6.07, 6.45) is 4.88. The minimum atomic E-state index is -3.52. The van der Waals surface area contributed by atoms with Gasteiger partial charge in [-0.3, -0.25) is 4.79 Å². The molecule has 0 radical (unpaired) electrons. The number of ether oxygens (including phenoxy) is 1. The highest BCUT2D eigenvalue weighted by Gasteiger charge is 2.26. The molecule has 3 rings (SSSR count). The van der Waals surface area contributed by atoms with E-state index < -0.39 is 10.0 Å². The van der Waals surface area contributed by atoms with E-state index in [4.69, 9.17) is 4.74 Å². The van der Waals surface area contributed by atoms with Crippen molar-refractivity contribution in [3.8, 4) is 0 Å².